The minimum Gasteiger partial charge on any atom is -0.397 e. The summed E-state index contributed by atoms with van der Waals surface area (Å²) in [6, 6.07) is 8.02. The molecule has 4 nitrogen and oxygen atoms in total. The lowest BCUT2D eigenvalue weighted by atomic mass is 10.1. The van der Waals surface area contributed by atoms with Crippen molar-refractivity contribution in [1.29, 1.82) is 0 Å². The average molecular weight is 329 g/mol. The highest BCUT2D eigenvalue weighted by atomic mass is 79.9. The van der Waals surface area contributed by atoms with Crippen LogP contribution in [-0.2, 0) is 0 Å². The van der Waals surface area contributed by atoms with E-state index in [2.05, 4.69) is 31.2 Å². The van der Waals surface area contributed by atoms with Gasteiger partial charge in [0.15, 0.2) is 0 Å². The van der Waals surface area contributed by atoms with Gasteiger partial charge < -0.3 is 11.1 Å². The molecule has 0 fully saturated rings. The Kier molecular flexibility index (Phi) is 3.28. The van der Waals surface area contributed by atoms with Crippen molar-refractivity contribution in [2.24, 2.45) is 0 Å². The summed E-state index contributed by atoms with van der Waals surface area (Å²) in [7, 11) is 0. The lowest BCUT2D eigenvalue weighted by Gasteiger charge is -2.12. The lowest BCUT2D eigenvalue weighted by Crippen LogP contribution is -2.00. The molecule has 5 heteroatoms. The van der Waals surface area contributed by atoms with Crippen LogP contribution in [0, 0.1) is 6.92 Å². The van der Waals surface area contributed by atoms with Gasteiger partial charge in [0.1, 0.15) is 5.82 Å². The van der Waals surface area contributed by atoms with Gasteiger partial charge in [-0.25, -0.2) is 4.98 Å². The largest absolute Gasteiger partial charge is 0.397 e. The van der Waals surface area contributed by atoms with Crippen LogP contribution >= 0.6 is 15.9 Å². The molecule has 0 saturated heterocycles. The van der Waals surface area contributed by atoms with E-state index >= 15 is 0 Å². The highest BCUT2D eigenvalue weighted by Gasteiger charge is 2.09. The SMILES string of the molecule is Cc1c(N)cnc(Nc2cccc3cnccc23)c1Br. The van der Waals surface area contributed by atoms with Gasteiger partial charge in [-0.1, -0.05) is 12.1 Å². The minimum atomic E-state index is 0.671. The maximum atomic E-state index is 5.84. The molecule has 0 atom stereocenters. The zero-order chi connectivity index (χ0) is 14.1. The molecule has 100 valence electrons. The molecule has 3 N–H and O–H groups in total. The number of halogens is 1. The molecule has 0 spiro atoms. The van der Waals surface area contributed by atoms with Gasteiger partial charge >= 0.3 is 0 Å². The van der Waals surface area contributed by atoms with Gasteiger partial charge in [0.2, 0.25) is 0 Å². The third-order valence-corrected chi connectivity index (χ3v) is 4.21. The molecule has 20 heavy (non-hydrogen) atoms. The quantitative estimate of drug-likeness (QED) is 0.745. The van der Waals surface area contributed by atoms with Gasteiger partial charge in [-0.3, -0.25) is 4.98 Å². The van der Waals surface area contributed by atoms with Crippen molar-refractivity contribution >= 4 is 43.9 Å². The number of benzene rings is 1. The molecule has 3 aromatic rings. The highest BCUT2D eigenvalue weighted by Crippen LogP contribution is 2.32. The number of nitrogens with zero attached hydrogens (tertiary/aromatic N) is 2. The maximum absolute atomic E-state index is 5.84. The fourth-order valence-corrected chi connectivity index (χ4v) is 2.47. The Morgan fingerprint density at radius 1 is 1.20 bits per heavy atom. The highest BCUT2D eigenvalue weighted by molar-refractivity contribution is 9.10. The first-order valence-electron chi connectivity index (χ1n) is 6.17. The van der Waals surface area contributed by atoms with E-state index in [0.29, 0.717) is 5.69 Å². The van der Waals surface area contributed by atoms with Crippen LogP contribution in [0.1, 0.15) is 5.56 Å². The number of nitrogens with one attached hydrogen (secondary N) is 1. The summed E-state index contributed by atoms with van der Waals surface area (Å²) in [6.45, 7) is 1.96. The fraction of sp³-hybridized carbons (Fsp3) is 0.0667. The van der Waals surface area contributed by atoms with Gasteiger partial charge in [-0.05, 0) is 40.5 Å². The van der Waals surface area contributed by atoms with Crippen molar-refractivity contribution in [3.05, 3.63) is 52.9 Å². The first-order valence-corrected chi connectivity index (χ1v) is 6.96. The van der Waals surface area contributed by atoms with E-state index in [4.69, 9.17) is 5.73 Å². The van der Waals surface area contributed by atoms with Crippen LogP contribution in [0.4, 0.5) is 17.2 Å². The number of nitrogen functional groups attached to an aromatic ring is 1. The van der Waals surface area contributed by atoms with E-state index in [1.807, 2.05) is 37.4 Å². The van der Waals surface area contributed by atoms with Crippen molar-refractivity contribution < 1.29 is 0 Å². The molecule has 0 aliphatic carbocycles. The van der Waals surface area contributed by atoms with Crippen LogP contribution in [0.15, 0.2) is 47.3 Å². The van der Waals surface area contributed by atoms with Crippen molar-refractivity contribution in [3.8, 4) is 0 Å². The lowest BCUT2D eigenvalue weighted by molar-refractivity contribution is 1.26. The molecule has 0 bridgehead atoms. The smallest absolute Gasteiger partial charge is 0.145 e. The fourth-order valence-electron chi connectivity index (χ4n) is 2.04. The molecular weight excluding hydrogens is 316 g/mol. The van der Waals surface area contributed by atoms with Crippen LogP contribution in [0.2, 0.25) is 0 Å². The second-order valence-electron chi connectivity index (χ2n) is 4.53. The zero-order valence-electron chi connectivity index (χ0n) is 10.9. The summed E-state index contributed by atoms with van der Waals surface area (Å²) in [5, 5.41) is 5.53. The Bertz CT molecular complexity index is 781. The van der Waals surface area contributed by atoms with Gasteiger partial charge in [0, 0.05) is 28.9 Å². The normalized spacial score (nSPS) is 10.7. The molecule has 0 unspecified atom stereocenters. The van der Waals surface area contributed by atoms with Crippen molar-refractivity contribution in [1.82, 2.24) is 9.97 Å². The first kappa shape index (κ1) is 12.9. The van der Waals surface area contributed by atoms with Gasteiger partial charge in [0.05, 0.1) is 16.4 Å². The maximum Gasteiger partial charge on any atom is 0.145 e. The van der Waals surface area contributed by atoms with Gasteiger partial charge in [-0.2, -0.15) is 0 Å². The molecule has 0 amide bonds. The predicted molar refractivity (Wildman–Crippen MR) is 86.1 cm³/mol. The Labute approximate surface area is 125 Å². The summed E-state index contributed by atoms with van der Waals surface area (Å²) in [5.41, 5.74) is 8.48. The topological polar surface area (TPSA) is 63.8 Å². The third kappa shape index (κ3) is 2.20. The second kappa shape index (κ2) is 5.09. The molecule has 0 aliphatic rings. The number of aromatic nitrogens is 2. The number of fused-ring (bicyclic) bond motifs is 1. The van der Waals surface area contributed by atoms with Crippen molar-refractivity contribution in [2.75, 3.05) is 11.1 Å². The molecule has 0 saturated carbocycles. The summed E-state index contributed by atoms with van der Waals surface area (Å²) >= 11 is 3.54. The molecule has 0 aliphatic heterocycles. The number of pyridine rings is 2. The second-order valence-corrected chi connectivity index (χ2v) is 5.32. The van der Waals surface area contributed by atoms with E-state index in [-0.39, 0.29) is 0 Å². The number of anilines is 3. The number of rotatable bonds is 2. The molecule has 0 radical (unpaired) electrons. The zero-order valence-corrected chi connectivity index (χ0v) is 12.5. The van der Waals surface area contributed by atoms with Crippen LogP contribution in [0.3, 0.4) is 0 Å². The van der Waals surface area contributed by atoms with Crippen LogP contribution in [-0.4, -0.2) is 9.97 Å². The van der Waals surface area contributed by atoms with E-state index < -0.39 is 0 Å². The Balaban J connectivity index is 2.08. The van der Waals surface area contributed by atoms with E-state index in [1.54, 1.807) is 12.4 Å². The monoisotopic (exact) mass is 328 g/mol. The van der Waals surface area contributed by atoms with Crippen molar-refractivity contribution in [2.45, 2.75) is 6.92 Å². The summed E-state index contributed by atoms with van der Waals surface area (Å²) in [5.74, 6) is 0.751. The van der Waals surface area contributed by atoms with Gasteiger partial charge in [0.25, 0.3) is 0 Å². The standard InChI is InChI=1S/C15H13BrN4/c1-9-12(17)8-19-15(14(9)16)20-13-4-2-3-10-7-18-6-5-11(10)13/h2-8H,17H2,1H3,(H,19,20). The number of hydrogen-bond acceptors (Lipinski definition) is 4. The average Bonchev–Trinajstić information content (AvgIpc) is 2.48. The molecular formula is C15H13BrN4. The van der Waals surface area contributed by atoms with E-state index in [9.17, 15) is 0 Å². The minimum absolute atomic E-state index is 0.671. The van der Waals surface area contributed by atoms with Crippen LogP contribution in [0.5, 0.6) is 0 Å². The van der Waals surface area contributed by atoms with E-state index in [1.165, 1.54) is 0 Å². The predicted octanol–water partition coefficient (Wildman–Crippen LogP) is 4.03. The molecule has 2 heterocycles. The summed E-state index contributed by atoms with van der Waals surface area (Å²) in [4.78, 5) is 8.48. The third-order valence-electron chi connectivity index (χ3n) is 3.24. The summed E-state index contributed by atoms with van der Waals surface area (Å²) < 4.78 is 0.878. The summed E-state index contributed by atoms with van der Waals surface area (Å²) in [6.07, 6.45) is 5.29. The van der Waals surface area contributed by atoms with E-state index in [0.717, 1.165) is 32.3 Å². The Morgan fingerprint density at radius 2 is 2.05 bits per heavy atom. The number of nitrogens with two attached hydrogens (primary N) is 1. The Hall–Kier alpha value is -2.14. The molecule has 3 rings (SSSR count). The molecule has 2 aromatic heterocycles. The van der Waals surface area contributed by atoms with Gasteiger partial charge in [-0.15, -0.1) is 0 Å². The van der Waals surface area contributed by atoms with Crippen LogP contribution < -0.4 is 11.1 Å². The molecule has 1 aromatic carbocycles. The first-order chi connectivity index (χ1) is 9.66. The number of hydrogen-bond donors (Lipinski definition) is 2. The van der Waals surface area contributed by atoms with Crippen molar-refractivity contribution in [3.63, 3.8) is 0 Å². The Morgan fingerprint density at radius 3 is 2.90 bits per heavy atom. The van der Waals surface area contributed by atoms with Crippen LogP contribution in [0.25, 0.3) is 10.8 Å².